The van der Waals surface area contributed by atoms with Gasteiger partial charge in [-0.3, -0.25) is 4.79 Å². The molecule has 0 spiro atoms. The molecule has 3 nitrogen and oxygen atoms in total. The van der Waals surface area contributed by atoms with Crippen molar-refractivity contribution in [1.29, 1.82) is 0 Å². The summed E-state index contributed by atoms with van der Waals surface area (Å²) < 4.78 is 26.7. The summed E-state index contributed by atoms with van der Waals surface area (Å²) in [4.78, 5) is 11.8. The minimum absolute atomic E-state index is 0.00748. The summed E-state index contributed by atoms with van der Waals surface area (Å²) in [5.41, 5.74) is -0.166. The number of anilines is 1. The molecule has 2 aromatic rings. The number of phenols is 1. The summed E-state index contributed by atoms with van der Waals surface area (Å²) in [7, 11) is 0. The van der Waals surface area contributed by atoms with Gasteiger partial charge in [-0.2, -0.15) is 0 Å². The minimum atomic E-state index is -0.884. The van der Waals surface area contributed by atoms with Gasteiger partial charge >= 0.3 is 0 Å². The number of benzene rings is 2. The Hall–Kier alpha value is -1.95. The highest BCUT2D eigenvalue weighted by Gasteiger charge is 2.13. The van der Waals surface area contributed by atoms with Crippen LogP contribution in [-0.4, -0.2) is 11.0 Å². The van der Waals surface area contributed by atoms with E-state index in [-0.39, 0.29) is 17.0 Å². The Morgan fingerprint density at radius 1 is 1.16 bits per heavy atom. The van der Waals surface area contributed by atoms with Crippen LogP contribution in [0.2, 0.25) is 0 Å². The molecule has 19 heavy (non-hydrogen) atoms. The average Bonchev–Trinajstić information content (AvgIpc) is 2.32. The van der Waals surface area contributed by atoms with Crippen molar-refractivity contribution in [1.82, 2.24) is 0 Å². The zero-order valence-electron chi connectivity index (χ0n) is 9.45. The zero-order chi connectivity index (χ0) is 14.0. The SMILES string of the molecule is O=C(Nc1ccc(F)cc1F)c1ccc(Br)cc1O. The van der Waals surface area contributed by atoms with Crippen LogP contribution in [0.25, 0.3) is 0 Å². The van der Waals surface area contributed by atoms with Gasteiger partial charge in [-0.25, -0.2) is 8.78 Å². The number of hydrogen-bond donors (Lipinski definition) is 2. The van der Waals surface area contributed by atoms with E-state index in [1.807, 2.05) is 0 Å². The van der Waals surface area contributed by atoms with E-state index in [4.69, 9.17) is 0 Å². The Labute approximate surface area is 116 Å². The normalized spacial score (nSPS) is 10.3. The molecule has 2 rings (SSSR count). The fourth-order valence-electron chi connectivity index (χ4n) is 1.48. The van der Waals surface area contributed by atoms with E-state index in [0.29, 0.717) is 10.5 Å². The molecule has 0 saturated heterocycles. The van der Waals surface area contributed by atoms with E-state index < -0.39 is 17.5 Å². The molecular weight excluding hydrogens is 320 g/mol. The molecule has 0 bridgehead atoms. The predicted molar refractivity (Wildman–Crippen MR) is 70.1 cm³/mol. The number of carbonyl (C=O) groups is 1. The van der Waals surface area contributed by atoms with Gasteiger partial charge in [-0.1, -0.05) is 15.9 Å². The quantitative estimate of drug-likeness (QED) is 0.883. The summed E-state index contributed by atoms with van der Waals surface area (Å²) in [5, 5.41) is 11.9. The van der Waals surface area contributed by atoms with Crippen LogP contribution in [0.1, 0.15) is 10.4 Å². The van der Waals surface area contributed by atoms with Gasteiger partial charge < -0.3 is 10.4 Å². The molecule has 0 heterocycles. The van der Waals surface area contributed by atoms with Gasteiger partial charge in [0.15, 0.2) is 0 Å². The lowest BCUT2D eigenvalue weighted by Gasteiger charge is -2.08. The number of amides is 1. The molecule has 0 fully saturated rings. The summed E-state index contributed by atoms with van der Waals surface area (Å²) in [5.74, 6) is -2.54. The first-order valence-corrected chi connectivity index (χ1v) is 6.01. The largest absolute Gasteiger partial charge is 0.507 e. The fraction of sp³-hybridized carbons (Fsp3) is 0. The molecule has 2 aromatic carbocycles. The van der Waals surface area contributed by atoms with E-state index in [0.717, 1.165) is 12.1 Å². The second-order valence-electron chi connectivity index (χ2n) is 3.74. The number of hydrogen-bond acceptors (Lipinski definition) is 2. The van der Waals surface area contributed by atoms with Crippen LogP contribution in [0, 0.1) is 11.6 Å². The van der Waals surface area contributed by atoms with Gasteiger partial charge in [0, 0.05) is 10.5 Å². The second-order valence-corrected chi connectivity index (χ2v) is 4.66. The fourth-order valence-corrected chi connectivity index (χ4v) is 1.83. The molecule has 98 valence electrons. The average molecular weight is 328 g/mol. The molecule has 0 unspecified atom stereocenters. The molecule has 0 aliphatic carbocycles. The topological polar surface area (TPSA) is 49.3 Å². The van der Waals surface area contributed by atoms with Gasteiger partial charge in [0.2, 0.25) is 0 Å². The first-order chi connectivity index (χ1) is 8.97. The van der Waals surface area contributed by atoms with Gasteiger partial charge in [0.25, 0.3) is 5.91 Å². The van der Waals surface area contributed by atoms with Crippen molar-refractivity contribution in [3.63, 3.8) is 0 Å². The van der Waals surface area contributed by atoms with Crippen molar-refractivity contribution in [3.8, 4) is 5.75 Å². The van der Waals surface area contributed by atoms with Gasteiger partial charge in [0.05, 0.1) is 11.3 Å². The number of nitrogens with one attached hydrogen (secondary N) is 1. The van der Waals surface area contributed by atoms with Crippen molar-refractivity contribution in [2.75, 3.05) is 5.32 Å². The van der Waals surface area contributed by atoms with Crippen LogP contribution >= 0.6 is 15.9 Å². The Bertz CT molecular complexity index is 647. The lowest BCUT2D eigenvalue weighted by molar-refractivity contribution is 0.102. The van der Waals surface area contributed by atoms with Crippen molar-refractivity contribution >= 4 is 27.5 Å². The van der Waals surface area contributed by atoms with Crippen LogP contribution in [0.3, 0.4) is 0 Å². The zero-order valence-corrected chi connectivity index (χ0v) is 11.0. The number of halogens is 3. The van der Waals surface area contributed by atoms with Crippen LogP contribution in [-0.2, 0) is 0 Å². The standard InChI is InChI=1S/C13H8BrF2NO2/c14-7-1-3-9(12(18)5-7)13(19)17-11-4-2-8(15)6-10(11)16/h1-6,18H,(H,17,19). The number of phenolic OH excluding ortho intramolecular Hbond substituents is 1. The lowest BCUT2D eigenvalue weighted by atomic mass is 10.2. The summed E-state index contributed by atoms with van der Waals surface area (Å²) >= 11 is 3.14. The maximum Gasteiger partial charge on any atom is 0.259 e. The maximum atomic E-state index is 13.4. The Morgan fingerprint density at radius 2 is 1.89 bits per heavy atom. The lowest BCUT2D eigenvalue weighted by Crippen LogP contribution is -2.13. The summed E-state index contributed by atoms with van der Waals surface area (Å²) in [6.07, 6.45) is 0. The van der Waals surface area contributed by atoms with E-state index in [1.165, 1.54) is 12.1 Å². The highest BCUT2D eigenvalue weighted by molar-refractivity contribution is 9.10. The molecular formula is C13H8BrF2NO2. The minimum Gasteiger partial charge on any atom is -0.507 e. The van der Waals surface area contributed by atoms with Crippen molar-refractivity contribution < 1.29 is 18.7 Å². The van der Waals surface area contributed by atoms with E-state index in [9.17, 15) is 18.7 Å². The first kappa shape index (κ1) is 13.5. The van der Waals surface area contributed by atoms with Crippen LogP contribution in [0.4, 0.5) is 14.5 Å². The summed E-state index contributed by atoms with van der Waals surface area (Å²) in [6, 6.07) is 7.09. The molecule has 0 radical (unpaired) electrons. The van der Waals surface area contributed by atoms with Crippen LogP contribution < -0.4 is 5.32 Å². The van der Waals surface area contributed by atoms with Crippen molar-refractivity contribution in [3.05, 3.63) is 58.1 Å². The number of carbonyl (C=O) groups excluding carboxylic acids is 1. The molecule has 1 amide bonds. The Balaban J connectivity index is 2.25. The molecule has 0 aliphatic rings. The second kappa shape index (κ2) is 5.36. The highest BCUT2D eigenvalue weighted by Crippen LogP contribution is 2.24. The molecule has 0 aliphatic heterocycles. The van der Waals surface area contributed by atoms with Crippen molar-refractivity contribution in [2.24, 2.45) is 0 Å². The van der Waals surface area contributed by atoms with E-state index in [1.54, 1.807) is 6.07 Å². The van der Waals surface area contributed by atoms with Gasteiger partial charge in [-0.05, 0) is 30.3 Å². The number of rotatable bonds is 2. The highest BCUT2D eigenvalue weighted by atomic mass is 79.9. The third kappa shape index (κ3) is 3.08. The maximum absolute atomic E-state index is 13.4. The molecule has 2 N–H and O–H groups in total. The smallest absolute Gasteiger partial charge is 0.259 e. The summed E-state index contributed by atoms with van der Waals surface area (Å²) in [6.45, 7) is 0. The monoisotopic (exact) mass is 327 g/mol. The molecule has 0 atom stereocenters. The van der Waals surface area contributed by atoms with Crippen LogP contribution in [0.15, 0.2) is 40.9 Å². The van der Waals surface area contributed by atoms with Gasteiger partial charge in [-0.15, -0.1) is 0 Å². The first-order valence-electron chi connectivity index (χ1n) is 5.22. The van der Waals surface area contributed by atoms with Crippen LogP contribution in [0.5, 0.6) is 5.75 Å². The number of aromatic hydroxyl groups is 1. The third-order valence-electron chi connectivity index (χ3n) is 2.38. The predicted octanol–water partition coefficient (Wildman–Crippen LogP) is 3.69. The Kier molecular flexibility index (Phi) is 3.80. The van der Waals surface area contributed by atoms with Crippen molar-refractivity contribution in [2.45, 2.75) is 0 Å². The Morgan fingerprint density at radius 3 is 2.53 bits per heavy atom. The third-order valence-corrected chi connectivity index (χ3v) is 2.88. The van der Waals surface area contributed by atoms with E-state index >= 15 is 0 Å². The molecule has 6 heteroatoms. The van der Waals surface area contributed by atoms with Gasteiger partial charge in [0.1, 0.15) is 17.4 Å². The molecule has 0 aromatic heterocycles. The van der Waals surface area contributed by atoms with E-state index in [2.05, 4.69) is 21.2 Å². The molecule has 0 saturated carbocycles.